The minimum absolute atomic E-state index is 0.0480. The van der Waals surface area contributed by atoms with Gasteiger partial charge >= 0.3 is 0 Å². The Kier molecular flexibility index (Phi) is 5.16. The Morgan fingerprint density at radius 2 is 1.81 bits per heavy atom. The molecule has 1 amide bonds. The summed E-state index contributed by atoms with van der Waals surface area (Å²) in [4.78, 5) is 19.9. The van der Waals surface area contributed by atoms with E-state index in [0.29, 0.717) is 11.4 Å². The van der Waals surface area contributed by atoms with Crippen LogP contribution in [0.25, 0.3) is 0 Å². The van der Waals surface area contributed by atoms with Crippen molar-refractivity contribution in [1.29, 1.82) is 0 Å². The Morgan fingerprint density at radius 1 is 1.08 bits per heavy atom. The van der Waals surface area contributed by atoms with E-state index in [1.54, 1.807) is 12.3 Å². The molecular weight excluding hydrogens is 328 g/mol. The number of carbonyl (C=O) groups excluding carboxylic acids is 1. The van der Waals surface area contributed by atoms with Crippen molar-refractivity contribution in [3.8, 4) is 11.5 Å². The average molecular weight is 354 g/mol. The number of phenols is 2. The lowest BCUT2D eigenvalue weighted by molar-refractivity contribution is -0.123. The van der Waals surface area contributed by atoms with Crippen molar-refractivity contribution in [3.63, 3.8) is 0 Å². The number of rotatable bonds is 4. The largest absolute Gasteiger partial charge is 0.504 e. The molecule has 0 atom stereocenters. The molecule has 0 bridgehead atoms. The van der Waals surface area contributed by atoms with Gasteiger partial charge in [-0.15, -0.1) is 0 Å². The van der Waals surface area contributed by atoms with Crippen molar-refractivity contribution in [3.05, 3.63) is 48.2 Å². The van der Waals surface area contributed by atoms with Crippen LogP contribution in [0.3, 0.4) is 0 Å². The Balaban J connectivity index is 1.99. The summed E-state index contributed by atoms with van der Waals surface area (Å²) in [6.45, 7) is 3.69. The number of hydrogen-bond acceptors (Lipinski definition) is 4. The van der Waals surface area contributed by atoms with Gasteiger partial charge in [0, 0.05) is 12.2 Å². The Morgan fingerprint density at radius 3 is 2.42 bits per heavy atom. The summed E-state index contributed by atoms with van der Waals surface area (Å²) in [7, 11) is 0. The van der Waals surface area contributed by atoms with Crippen LogP contribution < -0.4 is 4.90 Å². The fraction of sp³-hybridized carbons (Fsp3) is 0.429. The molecule has 5 nitrogen and oxygen atoms in total. The quantitative estimate of drug-likeness (QED) is 0.810. The number of benzene rings is 1. The van der Waals surface area contributed by atoms with Crippen LogP contribution in [0.4, 0.5) is 5.82 Å². The van der Waals surface area contributed by atoms with Crippen LogP contribution in [0, 0.1) is 0 Å². The number of hydrogen-bond donors (Lipinski definition) is 2. The second kappa shape index (κ2) is 7.36. The van der Waals surface area contributed by atoms with Gasteiger partial charge < -0.3 is 10.2 Å². The first kappa shape index (κ1) is 18.2. The number of carbonyl (C=O) groups is 1. The molecule has 5 heteroatoms. The molecule has 1 heterocycles. The van der Waals surface area contributed by atoms with Crippen molar-refractivity contribution in [2.24, 2.45) is 0 Å². The monoisotopic (exact) mass is 354 g/mol. The molecule has 1 aromatic heterocycles. The minimum atomic E-state index is -0.861. The molecule has 0 radical (unpaired) electrons. The molecule has 1 aromatic carbocycles. The molecule has 1 fully saturated rings. The lowest BCUT2D eigenvalue weighted by Gasteiger charge is -2.38. The zero-order valence-corrected chi connectivity index (χ0v) is 15.4. The predicted octanol–water partition coefficient (Wildman–Crippen LogP) is 4.14. The SMILES string of the molecule is CC(C)(C(=O)N(c1ccccn1)C1CCCCC1)c1ccc(O)c(O)c1. The molecule has 26 heavy (non-hydrogen) atoms. The second-order valence-corrected chi connectivity index (χ2v) is 7.48. The zero-order chi connectivity index (χ0) is 18.7. The zero-order valence-electron chi connectivity index (χ0n) is 15.4. The van der Waals surface area contributed by atoms with Crippen LogP contribution in [-0.2, 0) is 10.2 Å². The second-order valence-electron chi connectivity index (χ2n) is 7.48. The van der Waals surface area contributed by atoms with Gasteiger partial charge in [0.2, 0.25) is 5.91 Å². The van der Waals surface area contributed by atoms with E-state index < -0.39 is 5.41 Å². The molecule has 0 unspecified atom stereocenters. The van der Waals surface area contributed by atoms with E-state index in [1.165, 1.54) is 18.6 Å². The van der Waals surface area contributed by atoms with Crippen molar-refractivity contribution in [2.75, 3.05) is 4.90 Å². The molecule has 1 aliphatic rings. The number of aromatic nitrogens is 1. The number of phenolic OH excluding ortho intramolecular Hbond substituents is 2. The molecule has 2 N–H and O–H groups in total. The van der Waals surface area contributed by atoms with E-state index in [9.17, 15) is 15.0 Å². The standard InChI is InChI=1S/C21H26N2O3/c1-21(2,15-11-12-17(24)18(25)14-15)20(26)23(16-8-4-3-5-9-16)19-10-6-7-13-22-19/h6-7,10-14,16,24-25H,3-5,8-9H2,1-2H3. The smallest absolute Gasteiger partial charge is 0.238 e. The van der Waals surface area contributed by atoms with Crippen LogP contribution in [0.1, 0.15) is 51.5 Å². The van der Waals surface area contributed by atoms with Crippen LogP contribution in [-0.4, -0.2) is 27.1 Å². The van der Waals surface area contributed by atoms with Crippen molar-refractivity contribution < 1.29 is 15.0 Å². The number of amides is 1. The summed E-state index contributed by atoms with van der Waals surface area (Å²) < 4.78 is 0. The lowest BCUT2D eigenvalue weighted by Crippen LogP contribution is -2.50. The van der Waals surface area contributed by atoms with E-state index in [-0.39, 0.29) is 23.4 Å². The molecule has 0 aliphatic heterocycles. The highest BCUT2D eigenvalue weighted by Crippen LogP contribution is 2.36. The Labute approximate surface area is 154 Å². The van der Waals surface area contributed by atoms with Gasteiger partial charge in [-0.2, -0.15) is 0 Å². The fourth-order valence-electron chi connectivity index (χ4n) is 3.63. The summed E-state index contributed by atoms with van der Waals surface area (Å²) in [5.74, 6) is 0.213. The highest BCUT2D eigenvalue weighted by atomic mass is 16.3. The van der Waals surface area contributed by atoms with Crippen LogP contribution in [0.2, 0.25) is 0 Å². The van der Waals surface area contributed by atoms with Gasteiger partial charge in [-0.25, -0.2) is 4.98 Å². The third-order valence-electron chi connectivity index (χ3n) is 5.29. The first-order valence-electron chi connectivity index (χ1n) is 9.18. The Bertz CT molecular complexity index is 768. The Hall–Kier alpha value is -2.56. The molecule has 3 rings (SSSR count). The van der Waals surface area contributed by atoms with E-state index in [2.05, 4.69) is 4.98 Å². The number of nitrogens with zero attached hydrogens (tertiary/aromatic N) is 2. The van der Waals surface area contributed by atoms with E-state index in [4.69, 9.17) is 0 Å². The van der Waals surface area contributed by atoms with Gasteiger partial charge in [-0.3, -0.25) is 9.69 Å². The summed E-state index contributed by atoms with van der Waals surface area (Å²) >= 11 is 0. The molecule has 0 spiro atoms. The predicted molar refractivity (Wildman–Crippen MR) is 101 cm³/mol. The van der Waals surface area contributed by atoms with E-state index >= 15 is 0 Å². The van der Waals surface area contributed by atoms with Crippen molar-refractivity contribution in [2.45, 2.75) is 57.4 Å². The van der Waals surface area contributed by atoms with Gasteiger partial charge in [0.1, 0.15) is 5.82 Å². The summed E-state index contributed by atoms with van der Waals surface area (Å²) in [6, 6.07) is 10.3. The average Bonchev–Trinajstić information content (AvgIpc) is 2.66. The molecule has 0 saturated heterocycles. The summed E-state index contributed by atoms with van der Waals surface area (Å²) in [5.41, 5.74) is -0.199. The molecular formula is C21H26N2O3. The normalized spacial score (nSPS) is 15.6. The minimum Gasteiger partial charge on any atom is -0.504 e. The fourth-order valence-corrected chi connectivity index (χ4v) is 3.63. The maximum Gasteiger partial charge on any atom is 0.238 e. The van der Waals surface area contributed by atoms with Crippen LogP contribution >= 0.6 is 0 Å². The van der Waals surface area contributed by atoms with Gasteiger partial charge in [-0.05, 0) is 56.5 Å². The molecule has 138 valence electrons. The lowest BCUT2D eigenvalue weighted by atomic mass is 9.81. The number of aromatic hydroxyl groups is 2. The van der Waals surface area contributed by atoms with Crippen LogP contribution in [0.15, 0.2) is 42.6 Å². The van der Waals surface area contributed by atoms with Crippen LogP contribution in [0.5, 0.6) is 11.5 Å². The highest BCUT2D eigenvalue weighted by Gasteiger charge is 2.38. The topological polar surface area (TPSA) is 73.7 Å². The molecule has 1 saturated carbocycles. The molecule has 1 aliphatic carbocycles. The first-order valence-corrected chi connectivity index (χ1v) is 9.18. The van der Waals surface area contributed by atoms with E-state index in [1.807, 2.05) is 36.9 Å². The maximum absolute atomic E-state index is 13.6. The van der Waals surface area contributed by atoms with E-state index in [0.717, 1.165) is 25.7 Å². The highest BCUT2D eigenvalue weighted by molar-refractivity contribution is 6.00. The van der Waals surface area contributed by atoms with Gasteiger partial charge in [0.15, 0.2) is 11.5 Å². The van der Waals surface area contributed by atoms with Gasteiger partial charge in [-0.1, -0.05) is 31.4 Å². The van der Waals surface area contributed by atoms with Gasteiger partial charge in [0.25, 0.3) is 0 Å². The summed E-state index contributed by atoms with van der Waals surface area (Å²) in [5, 5.41) is 19.4. The number of pyridine rings is 1. The number of anilines is 1. The van der Waals surface area contributed by atoms with Crippen molar-refractivity contribution in [1.82, 2.24) is 4.98 Å². The third kappa shape index (κ3) is 3.52. The third-order valence-corrected chi connectivity index (χ3v) is 5.29. The maximum atomic E-state index is 13.6. The molecule has 2 aromatic rings. The summed E-state index contributed by atoms with van der Waals surface area (Å²) in [6.07, 6.45) is 7.08. The van der Waals surface area contributed by atoms with Crippen molar-refractivity contribution >= 4 is 11.7 Å². The first-order chi connectivity index (χ1) is 12.4. The van der Waals surface area contributed by atoms with Gasteiger partial charge in [0.05, 0.1) is 5.41 Å².